The number of rotatable bonds is 8. The molecule has 0 bridgehead atoms. The molecule has 0 spiro atoms. The van der Waals surface area contributed by atoms with Crippen molar-refractivity contribution in [3.8, 4) is 17.2 Å². The largest absolute Gasteiger partial charge is 0.496 e. The van der Waals surface area contributed by atoms with E-state index in [1.165, 1.54) is 18.2 Å². The van der Waals surface area contributed by atoms with Gasteiger partial charge in [-0.3, -0.25) is 9.69 Å². The molecular formula is C23H29N3O6S. The molecule has 0 saturated carbocycles. The van der Waals surface area contributed by atoms with Gasteiger partial charge in [-0.2, -0.15) is 0 Å². The number of ether oxygens (including phenoxy) is 3. The van der Waals surface area contributed by atoms with Crippen molar-refractivity contribution in [1.82, 2.24) is 4.90 Å². The molecule has 0 saturated heterocycles. The summed E-state index contributed by atoms with van der Waals surface area (Å²) >= 11 is 0. The molecule has 10 heteroatoms. The summed E-state index contributed by atoms with van der Waals surface area (Å²) in [5.41, 5.74) is 2.31. The molecule has 0 unspecified atom stereocenters. The maximum atomic E-state index is 12.8. The zero-order valence-corrected chi connectivity index (χ0v) is 19.9. The Kier molecular flexibility index (Phi) is 7.62. The van der Waals surface area contributed by atoms with Crippen LogP contribution in [0, 0.1) is 0 Å². The molecule has 0 aliphatic carbocycles. The number of nitrogens with zero attached hydrogens (tertiary/aromatic N) is 1. The molecule has 0 fully saturated rings. The highest BCUT2D eigenvalue weighted by Gasteiger charge is 2.26. The quantitative estimate of drug-likeness (QED) is 0.602. The number of carbonyl (C=O) groups is 1. The van der Waals surface area contributed by atoms with E-state index in [1.54, 1.807) is 27.4 Å². The van der Waals surface area contributed by atoms with Crippen molar-refractivity contribution in [1.29, 1.82) is 0 Å². The number of amides is 1. The van der Waals surface area contributed by atoms with Gasteiger partial charge in [0.15, 0.2) is 0 Å². The van der Waals surface area contributed by atoms with E-state index < -0.39 is 16.1 Å². The molecule has 1 atom stereocenters. The van der Waals surface area contributed by atoms with Gasteiger partial charge in [-0.15, -0.1) is 0 Å². The Hall–Kier alpha value is -3.08. The summed E-state index contributed by atoms with van der Waals surface area (Å²) in [5, 5.41) is 7.94. The van der Waals surface area contributed by atoms with E-state index in [2.05, 4.69) is 11.4 Å². The number of primary sulfonamides is 1. The van der Waals surface area contributed by atoms with Gasteiger partial charge >= 0.3 is 0 Å². The Morgan fingerprint density at radius 3 is 2.27 bits per heavy atom. The Morgan fingerprint density at radius 2 is 1.76 bits per heavy atom. The Balaban J connectivity index is 1.74. The third kappa shape index (κ3) is 5.65. The molecule has 3 N–H and O–H groups in total. The fraction of sp³-hybridized carbons (Fsp3) is 0.348. The van der Waals surface area contributed by atoms with Gasteiger partial charge in [-0.1, -0.05) is 12.1 Å². The predicted octanol–water partition coefficient (Wildman–Crippen LogP) is 2.48. The van der Waals surface area contributed by atoms with E-state index in [0.717, 1.165) is 11.1 Å². The highest BCUT2D eigenvalue weighted by Crippen LogP contribution is 2.41. The summed E-state index contributed by atoms with van der Waals surface area (Å²) in [6.45, 7) is 3.02. The van der Waals surface area contributed by atoms with Crippen LogP contribution in [0.1, 0.15) is 18.9 Å². The molecule has 3 rings (SSSR count). The predicted molar refractivity (Wildman–Crippen MR) is 126 cm³/mol. The minimum atomic E-state index is -3.85. The van der Waals surface area contributed by atoms with E-state index in [1.807, 2.05) is 24.0 Å². The highest BCUT2D eigenvalue weighted by atomic mass is 32.2. The monoisotopic (exact) mass is 475 g/mol. The van der Waals surface area contributed by atoms with Crippen molar-refractivity contribution in [3.63, 3.8) is 0 Å². The molecule has 2 aromatic rings. The molecule has 1 aliphatic rings. The molecule has 33 heavy (non-hydrogen) atoms. The average Bonchev–Trinajstić information content (AvgIpc) is 2.82. The first-order valence-corrected chi connectivity index (χ1v) is 11.9. The molecule has 0 radical (unpaired) electrons. The number of nitrogens with two attached hydrogens (primary N) is 1. The first-order valence-electron chi connectivity index (χ1n) is 10.3. The second-order valence-corrected chi connectivity index (χ2v) is 9.18. The average molecular weight is 476 g/mol. The maximum absolute atomic E-state index is 12.8. The van der Waals surface area contributed by atoms with Crippen molar-refractivity contribution in [3.05, 3.63) is 48.0 Å². The van der Waals surface area contributed by atoms with Crippen molar-refractivity contribution in [2.24, 2.45) is 5.14 Å². The van der Waals surface area contributed by atoms with Crippen molar-refractivity contribution in [2.75, 3.05) is 39.7 Å². The Morgan fingerprint density at radius 1 is 1.09 bits per heavy atom. The van der Waals surface area contributed by atoms with Gasteiger partial charge in [0.2, 0.25) is 15.9 Å². The van der Waals surface area contributed by atoms with Crippen LogP contribution in [0.3, 0.4) is 0 Å². The molecule has 2 aromatic carbocycles. The van der Waals surface area contributed by atoms with Crippen LogP contribution in [-0.2, 0) is 14.8 Å². The van der Waals surface area contributed by atoms with Crippen LogP contribution in [0.25, 0.3) is 5.57 Å². The van der Waals surface area contributed by atoms with Gasteiger partial charge in [0.25, 0.3) is 0 Å². The molecule has 0 aromatic heterocycles. The van der Waals surface area contributed by atoms with E-state index in [0.29, 0.717) is 42.4 Å². The standard InChI is InChI=1S/C23H29N3O6S/c1-15(23(27)25-17-6-5-7-19(12-17)33(24,28)29)26-10-8-16(9-11-26)22-20(31-3)13-18(30-2)14-21(22)32-4/h5-8,12-15H,9-11H2,1-4H3,(H,25,27)(H2,24,28,29)/t15-/m0/s1. The molecule has 1 amide bonds. The number of methoxy groups -OCH3 is 3. The number of nitrogens with one attached hydrogen (secondary N) is 1. The lowest BCUT2D eigenvalue weighted by molar-refractivity contribution is -0.120. The van der Waals surface area contributed by atoms with Gasteiger partial charge in [-0.25, -0.2) is 13.6 Å². The molecule has 178 valence electrons. The van der Waals surface area contributed by atoms with Crippen LogP contribution in [0.2, 0.25) is 0 Å². The number of benzene rings is 2. The lowest BCUT2D eigenvalue weighted by Crippen LogP contribution is -2.44. The SMILES string of the molecule is COc1cc(OC)c(C2=CCN([C@@H](C)C(=O)Nc3cccc(S(N)(=O)=O)c3)CC2)c(OC)c1. The van der Waals surface area contributed by atoms with Crippen LogP contribution >= 0.6 is 0 Å². The van der Waals surface area contributed by atoms with E-state index in [4.69, 9.17) is 19.3 Å². The first-order chi connectivity index (χ1) is 15.7. The summed E-state index contributed by atoms with van der Waals surface area (Å²) in [7, 11) is 0.942. The fourth-order valence-electron chi connectivity index (χ4n) is 3.75. The van der Waals surface area contributed by atoms with Crippen LogP contribution in [0.5, 0.6) is 17.2 Å². The van der Waals surface area contributed by atoms with Gasteiger partial charge in [0, 0.05) is 30.9 Å². The van der Waals surface area contributed by atoms with Crippen LogP contribution in [0.15, 0.2) is 47.4 Å². The first kappa shape index (κ1) is 24.6. The summed E-state index contributed by atoms with van der Waals surface area (Å²) in [4.78, 5) is 14.8. The van der Waals surface area contributed by atoms with Gasteiger partial charge < -0.3 is 19.5 Å². The smallest absolute Gasteiger partial charge is 0.241 e. The van der Waals surface area contributed by atoms with E-state index in [9.17, 15) is 13.2 Å². The minimum Gasteiger partial charge on any atom is -0.496 e. The highest BCUT2D eigenvalue weighted by molar-refractivity contribution is 7.89. The normalized spacial score (nSPS) is 15.4. The summed E-state index contributed by atoms with van der Waals surface area (Å²) in [6, 6.07) is 9.08. The third-order valence-electron chi connectivity index (χ3n) is 5.63. The molecule has 1 aliphatic heterocycles. The number of sulfonamides is 1. The van der Waals surface area contributed by atoms with Crippen LogP contribution < -0.4 is 24.7 Å². The molecule has 9 nitrogen and oxygen atoms in total. The number of hydrogen-bond acceptors (Lipinski definition) is 7. The molecular weight excluding hydrogens is 446 g/mol. The van der Waals surface area contributed by atoms with Gasteiger partial charge in [0.1, 0.15) is 17.2 Å². The van der Waals surface area contributed by atoms with Crippen LogP contribution in [-0.4, -0.2) is 59.7 Å². The Bertz CT molecular complexity index is 1140. The zero-order valence-electron chi connectivity index (χ0n) is 19.1. The second-order valence-electron chi connectivity index (χ2n) is 7.62. The minimum absolute atomic E-state index is 0.0547. The van der Waals surface area contributed by atoms with Crippen LogP contribution in [0.4, 0.5) is 5.69 Å². The van der Waals surface area contributed by atoms with E-state index in [-0.39, 0.29) is 10.8 Å². The van der Waals surface area contributed by atoms with E-state index >= 15 is 0 Å². The van der Waals surface area contributed by atoms with Crippen molar-refractivity contribution in [2.45, 2.75) is 24.3 Å². The topological polar surface area (TPSA) is 120 Å². The summed E-state index contributed by atoms with van der Waals surface area (Å²) < 4.78 is 39.6. The molecule has 1 heterocycles. The fourth-order valence-corrected chi connectivity index (χ4v) is 4.31. The number of carbonyl (C=O) groups excluding carboxylic acids is 1. The van der Waals surface area contributed by atoms with Crippen molar-refractivity contribution >= 4 is 27.2 Å². The summed E-state index contributed by atoms with van der Waals surface area (Å²) in [6.07, 6.45) is 2.75. The zero-order chi connectivity index (χ0) is 24.2. The lowest BCUT2D eigenvalue weighted by Gasteiger charge is -2.31. The van der Waals surface area contributed by atoms with Crippen molar-refractivity contribution < 1.29 is 27.4 Å². The third-order valence-corrected chi connectivity index (χ3v) is 6.54. The number of anilines is 1. The lowest BCUT2D eigenvalue weighted by atomic mass is 9.96. The van der Waals surface area contributed by atoms with Gasteiger partial charge in [-0.05, 0) is 37.1 Å². The Labute approximate surface area is 194 Å². The summed E-state index contributed by atoms with van der Waals surface area (Å²) in [5.74, 6) is 1.72. The number of hydrogen-bond donors (Lipinski definition) is 2. The van der Waals surface area contributed by atoms with Gasteiger partial charge in [0.05, 0.1) is 37.8 Å². The second kappa shape index (κ2) is 10.2. The maximum Gasteiger partial charge on any atom is 0.241 e.